The van der Waals surface area contributed by atoms with Gasteiger partial charge in [-0.3, -0.25) is 9.59 Å². The van der Waals surface area contributed by atoms with Crippen molar-refractivity contribution in [2.24, 2.45) is 0 Å². The summed E-state index contributed by atoms with van der Waals surface area (Å²) in [5, 5.41) is 5.57. The van der Waals surface area contributed by atoms with Crippen LogP contribution in [0.1, 0.15) is 26.3 Å². The molecule has 172 valence electrons. The van der Waals surface area contributed by atoms with E-state index in [1.54, 1.807) is 24.3 Å². The van der Waals surface area contributed by atoms with Crippen LogP contribution in [0.5, 0.6) is 0 Å². The molecule has 0 aliphatic carbocycles. The quantitative estimate of drug-likeness (QED) is 0.397. The van der Waals surface area contributed by atoms with E-state index in [0.717, 1.165) is 5.56 Å². The fraction of sp³-hybridized carbons (Fsp3) is 0.167. The zero-order valence-corrected chi connectivity index (χ0v) is 18.9. The Morgan fingerprint density at radius 1 is 0.848 bits per heavy atom. The van der Waals surface area contributed by atoms with E-state index in [1.165, 1.54) is 31.4 Å². The number of sulfonamides is 1. The lowest BCUT2D eigenvalue weighted by molar-refractivity contribution is 0.0951. The van der Waals surface area contributed by atoms with Crippen LogP contribution in [0.15, 0.2) is 83.8 Å². The Morgan fingerprint density at radius 2 is 1.52 bits per heavy atom. The number of hydrogen-bond donors (Lipinski definition) is 3. The zero-order chi connectivity index (χ0) is 23.7. The molecule has 3 aromatic carbocycles. The second kappa shape index (κ2) is 11.4. The summed E-state index contributed by atoms with van der Waals surface area (Å²) in [6, 6.07) is 21.7. The second-order valence-corrected chi connectivity index (χ2v) is 8.85. The number of para-hydroxylation sites is 1. The largest absolute Gasteiger partial charge is 0.383 e. The van der Waals surface area contributed by atoms with E-state index in [2.05, 4.69) is 15.4 Å². The molecule has 0 radical (unpaired) electrons. The Balaban J connectivity index is 1.67. The summed E-state index contributed by atoms with van der Waals surface area (Å²) in [6.07, 6.45) is 0. The molecule has 3 N–H and O–H groups in total. The summed E-state index contributed by atoms with van der Waals surface area (Å²) in [7, 11) is -2.22. The van der Waals surface area contributed by atoms with Crippen molar-refractivity contribution in [1.29, 1.82) is 0 Å². The monoisotopic (exact) mass is 467 g/mol. The first-order chi connectivity index (χ1) is 15.9. The van der Waals surface area contributed by atoms with Gasteiger partial charge in [0.2, 0.25) is 10.0 Å². The molecule has 9 heteroatoms. The number of anilines is 1. The second-order valence-electron chi connectivity index (χ2n) is 7.08. The highest BCUT2D eigenvalue weighted by Gasteiger charge is 2.16. The molecule has 0 spiro atoms. The molecule has 3 rings (SSSR count). The van der Waals surface area contributed by atoms with Gasteiger partial charge in [0, 0.05) is 25.8 Å². The Kier molecular flexibility index (Phi) is 8.31. The van der Waals surface area contributed by atoms with Crippen LogP contribution in [0, 0.1) is 0 Å². The third-order valence-corrected chi connectivity index (χ3v) is 6.22. The minimum atomic E-state index is -3.70. The highest BCUT2D eigenvalue weighted by atomic mass is 32.2. The van der Waals surface area contributed by atoms with Crippen molar-refractivity contribution in [2.75, 3.05) is 25.6 Å². The number of rotatable bonds is 10. The predicted molar refractivity (Wildman–Crippen MR) is 126 cm³/mol. The van der Waals surface area contributed by atoms with Gasteiger partial charge >= 0.3 is 0 Å². The number of hydrogen-bond acceptors (Lipinski definition) is 5. The van der Waals surface area contributed by atoms with Crippen molar-refractivity contribution in [1.82, 2.24) is 10.0 Å². The Hall–Kier alpha value is -3.53. The maximum atomic E-state index is 12.7. The smallest absolute Gasteiger partial charge is 0.255 e. The minimum absolute atomic E-state index is 0.0378. The molecule has 3 aromatic rings. The van der Waals surface area contributed by atoms with Gasteiger partial charge in [-0.05, 0) is 42.0 Å². The average Bonchev–Trinajstić information content (AvgIpc) is 2.83. The number of benzene rings is 3. The Morgan fingerprint density at radius 3 is 2.21 bits per heavy atom. The van der Waals surface area contributed by atoms with Crippen LogP contribution < -0.4 is 15.4 Å². The van der Waals surface area contributed by atoms with Crippen molar-refractivity contribution in [3.8, 4) is 0 Å². The highest BCUT2D eigenvalue weighted by Crippen LogP contribution is 2.18. The molecule has 0 heterocycles. The molecular formula is C24H25N3O5S. The Labute approximate surface area is 193 Å². The van der Waals surface area contributed by atoms with E-state index < -0.39 is 15.9 Å². The average molecular weight is 468 g/mol. The third-order valence-electron chi connectivity index (χ3n) is 4.74. The number of nitrogens with one attached hydrogen (secondary N) is 3. The Bertz CT molecular complexity index is 1200. The minimum Gasteiger partial charge on any atom is -0.383 e. The van der Waals surface area contributed by atoms with E-state index in [0.29, 0.717) is 17.8 Å². The van der Waals surface area contributed by atoms with Gasteiger partial charge in [-0.25, -0.2) is 13.1 Å². The molecule has 2 amide bonds. The summed E-state index contributed by atoms with van der Waals surface area (Å²) >= 11 is 0. The number of ether oxygens (including phenoxy) is 1. The lowest BCUT2D eigenvalue weighted by atomic mass is 10.1. The summed E-state index contributed by atoms with van der Waals surface area (Å²) < 4.78 is 31.7. The van der Waals surface area contributed by atoms with Crippen LogP contribution in [0.2, 0.25) is 0 Å². The van der Waals surface area contributed by atoms with Crippen molar-refractivity contribution >= 4 is 27.5 Å². The fourth-order valence-electron chi connectivity index (χ4n) is 3.00. The summed E-state index contributed by atoms with van der Waals surface area (Å²) in [6.45, 7) is 0.749. The molecule has 8 nitrogen and oxygen atoms in total. The lowest BCUT2D eigenvalue weighted by Crippen LogP contribution is -2.27. The maximum Gasteiger partial charge on any atom is 0.255 e. The molecule has 0 atom stereocenters. The van der Waals surface area contributed by atoms with E-state index in [1.807, 2.05) is 30.3 Å². The first-order valence-electron chi connectivity index (χ1n) is 10.2. The van der Waals surface area contributed by atoms with Gasteiger partial charge < -0.3 is 15.4 Å². The molecule has 0 bridgehead atoms. The molecule has 0 saturated heterocycles. The van der Waals surface area contributed by atoms with Gasteiger partial charge in [-0.1, -0.05) is 42.5 Å². The van der Waals surface area contributed by atoms with Crippen molar-refractivity contribution in [3.05, 3.63) is 95.6 Å². The number of carbonyl (C=O) groups is 2. The molecule has 33 heavy (non-hydrogen) atoms. The normalized spacial score (nSPS) is 11.1. The molecule has 0 aliphatic heterocycles. The summed E-state index contributed by atoms with van der Waals surface area (Å²) in [4.78, 5) is 25.4. The molecule has 0 unspecified atom stereocenters. The number of carbonyl (C=O) groups excluding carboxylic acids is 2. The van der Waals surface area contributed by atoms with Crippen LogP contribution in [-0.4, -0.2) is 40.5 Å². The third kappa shape index (κ3) is 6.72. The fourth-order valence-corrected chi connectivity index (χ4v) is 4.02. The molecule has 0 saturated carbocycles. The maximum absolute atomic E-state index is 12.7. The summed E-state index contributed by atoms with van der Waals surface area (Å²) in [5.74, 6) is -0.784. The van der Waals surface area contributed by atoms with Crippen LogP contribution in [0.4, 0.5) is 5.69 Å². The van der Waals surface area contributed by atoms with Crippen LogP contribution >= 0.6 is 0 Å². The van der Waals surface area contributed by atoms with Crippen molar-refractivity contribution in [3.63, 3.8) is 0 Å². The van der Waals surface area contributed by atoms with Gasteiger partial charge in [0.05, 0.1) is 22.8 Å². The van der Waals surface area contributed by atoms with Gasteiger partial charge in [0.25, 0.3) is 11.8 Å². The van der Waals surface area contributed by atoms with E-state index in [4.69, 9.17) is 4.74 Å². The van der Waals surface area contributed by atoms with Crippen molar-refractivity contribution < 1.29 is 22.7 Å². The number of amides is 2. The van der Waals surface area contributed by atoms with E-state index in [9.17, 15) is 18.0 Å². The lowest BCUT2D eigenvalue weighted by Gasteiger charge is -2.12. The summed E-state index contributed by atoms with van der Waals surface area (Å²) in [5.41, 5.74) is 1.89. The van der Waals surface area contributed by atoms with Gasteiger partial charge in [0.1, 0.15) is 0 Å². The molecule has 0 aromatic heterocycles. The van der Waals surface area contributed by atoms with E-state index >= 15 is 0 Å². The van der Waals surface area contributed by atoms with Gasteiger partial charge in [-0.15, -0.1) is 0 Å². The standard InChI is InChI=1S/C24H25N3O5S/c1-32-16-15-26-33(30,31)20-13-11-19(12-14-20)23(28)27-22-10-6-5-9-21(22)24(29)25-17-18-7-3-2-4-8-18/h2-14,26H,15-17H2,1H3,(H,25,29)(H,27,28). The van der Waals surface area contributed by atoms with Crippen LogP contribution in [-0.2, 0) is 21.3 Å². The SMILES string of the molecule is COCCNS(=O)(=O)c1ccc(C(=O)Nc2ccccc2C(=O)NCc2ccccc2)cc1. The van der Waals surface area contributed by atoms with E-state index in [-0.39, 0.29) is 29.5 Å². The topological polar surface area (TPSA) is 114 Å². The van der Waals surface area contributed by atoms with Crippen molar-refractivity contribution in [2.45, 2.75) is 11.4 Å². The first-order valence-corrected chi connectivity index (χ1v) is 11.7. The molecule has 0 aliphatic rings. The highest BCUT2D eigenvalue weighted by molar-refractivity contribution is 7.89. The first kappa shape index (κ1) is 24.1. The van der Waals surface area contributed by atoms with Crippen LogP contribution in [0.3, 0.4) is 0 Å². The van der Waals surface area contributed by atoms with Crippen LogP contribution in [0.25, 0.3) is 0 Å². The molecular weight excluding hydrogens is 442 g/mol. The zero-order valence-electron chi connectivity index (χ0n) is 18.1. The predicted octanol–water partition coefficient (Wildman–Crippen LogP) is 2.79. The van der Waals surface area contributed by atoms with Gasteiger partial charge in [-0.2, -0.15) is 0 Å². The number of methoxy groups -OCH3 is 1. The van der Waals surface area contributed by atoms with Gasteiger partial charge in [0.15, 0.2) is 0 Å². The molecule has 0 fully saturated rings.